The van der Waals surface area contributed by atoms with Crippen LogP contribution < -0.4 is 5.73 Å². The molecular formula is C11H11ClFN3. The maximum atomic E-state index is 13.2. The molecule has 2 rings (SSSR count). The first kappa shape index (κ1) is 11.0. The molecule has 0 aliphatic heterocycles. The first-order valence-electron chi connectivity index (χ1n) is 4.79. The zero-order valence-corrected chi connectivity index (χ0v) is 9.50. The molecule has 0 atom stereocenters. The van der Waals surface area contributed by atoms with Gasteiger partial charge in [-0.15, -0.1) is 0 Å². The molecule has 2 aromatic rings. The van der Waals surface area contributed by atoms with Crippen LogP contribution in [0.5, 0.6) is 0 Å². The summed E-state index contributed by atoms with van der Waals surface area (Å²) in [7, 11) is 0. The van der Waals surface area contributed by atoms with Crippen LogP contribution in [0.1, 0.15) is 11.3 Å². The van der Waals surface area contributed by atoms with E-state index in [4.69, 9.17) is 17.3 Å². The third-order valence-corrected chi connectivity index (χ3v) is 2.81. The third-order valence-electron chi connectivity index (χ3n) is 2.44. The number of rotatable bonds is 2. The molecule has 84 valence electrons. The standard InChI is InChI=1S/C11H11ClFN3/c1-7-9(12)5-15-16(7)6-8-2-3-11(14)10(13)4-8/h2-5H,6,14H2,1H3. The van der Waals surface area contributed by atoms with Gasteiger partial charge in [-0.05, 0) is 24.6 Å². The van der Waals surface area contributed by atoms with E-state index >= 15 is 0 Å². The lowest BCUT2D eigenvalue weighted by atomic mass is 10.2. The van der Waals surface area contributed by atoms with Gasteiger partial charge in [0.15, 0.2) is 0 Å². The van der Waals surface area contributed by atoms with Crippen LogP contribution >= 0.6 is 11.6 Å². The second-order valence-corrected chi connectivity index (χ2v) is 4.00. The van der Waals surface area contributed by atoms with E-state index in [-0.39, 0.29) is 5.69 Å². The first-order chi connectivity index (χ1) is 7.58. The fourth-order valence-corrected chi connectivity index (χ4v) is 1.57. The van der Waals surface area contributed by atoms with Gasteiger partial charge in [0, 0.05) is 0 Å². The Labute approximate surface area is 97.6 Å². The van der Waals surface area contributed by atoms with Crippen LogP contribution in [0, 0.1) is 12.7 Å². The number of halogens is 2. The Morgan fingerprint density at radius 1 is 1.50 bits per heavy atom. The lowest BCUT2D eigenvalue weighted by Gasteiger charge is -2.05. The number of nitrogens with two attached hydrogens (primary N) is 1. The number of anilines is 1. The van der Waals surface area contributed by atoms with Crippen LogP contribution in [0.2, 0.25) is 5.02 Å². The lowest BCUT2D eigenvalue weighted by molar-refractivity contribution is 0.620. The Balaban J connectivity index is 2.27. The highest BCUT2D eigenvalue weighted by Crippen LogP contribution is 2.17. The molecule has 2 N–H and O–H groups in total. The maximum Gasteiger partial charge on any atom is 0.146 e. The largest absolute Gasteiger partial charge is 0.396 e. The van der Waals surface area contributed by atoms with Crippen LogP contribution in [-0.2, 0) is 6.54 Å². The molecule has 1 heterocycles. The number of benzene rings is 1. The molecule has 1 aromatic heterocycles. The second-order valence-electron chi connectivity index (χ2n) is 3.59. The third kappa shape index (κ3) is 2.02. The van der Waals surface area contributed by atoms with E-state index in [9.17, 15) is 4.39 Å². The van der Waals surface area contributed by atoms with E-state index in [1.54, 1.807) is 23.0 Å². The van der Waals surface area contributed by atoms with Crippen molar-refractivity contribution < 1.29 is 4.39 Å². The van der Waals surface area contributed by atoms with Gasteiger partial charge in [0.2, 0.25) is 0 Å². The van der Waals surface area contributed by atoms with Gasteiger partial charge < -0.3 is 5.73 Å². The Hall–Kier alpha value is -1.55. The summed E-state index contributed by atoms with van der Waals surface area (Å²) in [6.45, 7) is 2.35. The predicted octanol–water partition coefficient (Wildman–Crippen LogP) is 2.61. The fraction of sp³-hybridized carbons (Fsp3) is 0.182. The van der Waals surface area contributed by atoms with Crippen LogP contribution in [0.3, 0.4) is 0 Å². The van der Waals surface area contributed by atoms with Crippen molar-refractivity contribution in [1.29, 1.82) is 0 Å². The van der Waals surface area contributed by atoms with E-state index in [0.29, 0.717) is 11.6 Å². The number of hydrogen-bond acceptors (Lipinski definition) is 2. The summed E-state index contributed by atoms with van der Waals surface area (Å²) in [6, 6.07) is 4.73. The molecule has 3 nitrogen and oxygen atoms in total. The highest BCUT2D eigenvalue weighted by molar-refractivity contribution is 6.31. The van der Waals surface area contributed by atoms with E-state index in [1.165, 1.54) is 6.07 Å². The monoisotopic (exact) mass is 239 g/mol. The fourth-order valence-electron chi connectivity index (χ4n) is 1.43. The summed E-state index contributed by atoms with van der Waals surface area (Å²) in [4.78, 5) is 0. The summed E-state index contributed by atoms with van der Waals surface area (Å²) in [5, 5.41) is 4.70. The molecule has 0 radical (unpaired) electrons. The molecule has 0 bridgehead atoms. The van der Waals surface area contributed by atoms with Crippen molar-refractivity contribution in [3.05, 3.63) is 46.5 Å². The summed E-state index contributed by atoms with van der Waals surface area (Å²) in [5.41, 5.74) is 7.21. The molecule has 0 fully saturated rings. The molecule has 16 heavy (non-hydrogen) atoms. The second kappa shape index (κ2) is 4.14. The van der Waals surface area contributed by atoms with Gasteiger partial charge in [-0.3, -0.25) is 4.68 Å². The normalized spacial score (nSPS) is 10.7. The molecule has 0 spiro atoms. The molecule has 1 aromatic carbocycles. The number of nitrogens with zero attached hydrogens (tertiary/aromatic N) is 2. The molecule has 0 saturated carbocycles. The molecule has 5 heteroatoms. The van der Waals surface area contributed by atoms with Gasteiger partial charge in [0.1, 0.15) is 5.82 Å². The van der Waals surface area contributed by atoms with Gasteiger partial charge in [0.05, 0.1) is 29.1 Å². The number of hydrogen-bond donors (Lipinski definition) is 1. The average Bonchev–Trinajstić information content (AvgIpc) is 2.55. The summed E-state index contributed by atoms with van der Waals surface area (Å²) in [5.74, 6) is -0.409. The Morgan fingerprint density at radius 3 is 2.81 bits per heavy atom. The minimum Gasteiger partial charge on any atom is -0.396 e. The van der Waals surface area contributed by atoms with Gasteiger partial charge in [-0.25, -0.2) is 4.39 Å². The average molecular weight is 240 g/mol. The highest BCUT2D eigenvalue weighted by Gasteiger charge is 2.06. The predicted molar refractivity (Wildman–Crippen MR) is 61.9 cm³/mol. The Kier molecular flexibility index (Phi) is 2.83. The van der Waals surface area contributed by atoms with Crippen molar-refractivity contribution in [3.63, 3.8) is 0 Å². The van der Waals surface area contributed by atoms with E-state index in [2.05, 4.69) is 5.10 Å². The van der Waals surface area contributed by atoms with Gasteiger partial charge in [-0.1, -0.05) is 17.7 Å². The van der Waals surface area contributed by atoms with Crippen LogP contribution in [0.15, 0.2) is 24.4 Å². The Bertz CT molecular complexity index is 522. The van der Waals surface area contributed by atoms with Crippen molar-refractivity contribution in [2.75, 3.05) is 5.73 Å². The minimum atomic E-state index is -0.409. The summed E-state index contributed by atoms with van der Waals surface area (Å²) in [6.07, 6.45) is 1.57. The van der Waals surface area contributed by atoms with Crippen molar-refractivity contribution in [1.82, 2.24) is 9.78 Å². The van der Waals surface area contributed by atoms with Crippen LogP contribution in [0.4, 0.5) is 10.1 Å². The quantitative estimate of drug-likeness (QED) is 0.819. The topological polar surface area (TPSA) is 43.8 Å². The van der Waals surface area contributed by atoms with E-state index in [1.807, 2.05) is 6.92 Å². The summed E-state index contributed by atoms with van der Waals surface area (Å²) < 4.78 is 14.9. The zero-order valence-electron chi connectivity index (χ0n) is 8.74. The summed E-state index contributed by atoms with van der Waals surface area (Å²) >= 11 is 5.87. The molecular weight excluding hydrogens is 229 g/mol. The molecule has 0 aliphatic carbocycles. The van der Waals surface area contributed by atoms with E-state index < -0.39 is 5.82 Å². The van der Waals surface area contributed by atoms with Crippen molar-refractivity contribution in [2.45, 2.75) is 13.5 Å². The van der Waals surface area contributed by atoms with Crippen molar-refractivity contribution in [3.8, 4) is 0 Å². The van der Waals surface area contributed by atoms with Crippen molar-refractivity contribution in [2.24, 2.45) is 0 Å². The Morgan fingerprint density at radius 2 is 2.25 bits per heavy atom. The van der Waals surface area contributed by atoms with Crippen LogP contribution in [0.25, 0.3) is 0 Å². The SMILES string of the molecule is Cc1c(Cl)cnn1Cc1ccc(N)c(F)c1. The maximum absolute atomic E-state index is 13.2. The highest BCUT2D eigenvalue weighted by atomic mass is 35.5. The van der Waals surface area contributed by atoms with Crippen molar-refractivity contribution >= 4 is 17.3 Å². The lowest BCUT2D eigenvalue weighted by Crippen LogP contribution is -2.04. The smallest absolute Gasteiger partial charge is 0.146 e. The molecule has 0 aliphatic rings. The number of nitrogen functional groups attached to an aromatic ring is 1. The van der Waals surface area contributed by atoms with Gasteiger partial charge in [-0.2, -0.15) is 5.10 Å². The van der Waals surface area contributed by atoms with Gasteiger partial charge in [0.25, 0.3) is 0 Å². The molecule has 0 amide bonds. The van der Waals surface area contributed by atoms with Gasteiger partial charge >= 0.3 is 0 Å². The zero-order chi connectivity index (χ0) is 11.7. The minimum absolute atomic E-state index is 0.152. The van der Waals surface area contributed by atoms with E-state index in [0.717, 1.165) is 11.3 Å². The first-order valence-corrected chi connectivity index (χ1v) is 5.17. The molecule has 0 saturated heterocycles. The molecule has 0 unspecified atom stereocenters. The number of aromatic nitrogens is 2. The van der Waals surface area contributed by atoms with Crippen LogP contribution in [-0.4, -0.2) is 9.78 Å².